The van der Waals surface area contributed by atoms with Gasteiger partial charge in [-0.25, -0.2) is 0 Å². The first-order valence-electron chi connectivity index (χ1n) is 6.22. The second kappa shape index (κ2) is 6.67. The van der Waals surface area contributed by atoms with Gasteiger partial charge in [-0.3, -0.25) is 9.69 Å². The van der Waals surface area contributed by atoms with E-state index >= 15 is 0 Å². The summed E-state index contributed by atoms with van der Waals surface area (Å²) in [6.45, 7) is 3.79. The van der Waals surface area contributed by atoms with Gasteiger partial charge in [0, 0.05) is 26.8 Å². The topological polar surface area (TPSA) is 70.1 Å². The highest BCUT2D eigenvalue weighted by molar-refractivity contribution is 8.19. The Morgan fingerprint density at radius 3 is 2.73 bits per heavy atom. The van der Waals surface area contributed by atoms with Crippen LogP contribution in [0.2, 0.25) is 0 Å². The highest BCUT2D eigenvalue weighted by Gasteiger charge is 2.34. The van der Waals surface area contributed by atoms with Gasteiger partial charge >= 0.3 is 0 Å². The zero-order chi connectivity index (χ0) is 16.3. The first-order valence-corrected chi connectivity index (χ1v) is 9.36. The number of rotatable bonds is 5. The predicted molar refractivity (Wildman–Crippen MR) is 90.2 cm³/mol. The highest BCUT2D eigenvalue weighted by atomic mass is 32.2. The van der Waals surface area contributed by atoms with Gasteiger partial charge < -0.3 is 4.90 Å². The lowest BCUT2D eigenvalue weighted by Crippen LogP contribution is -2.30. The van der Waals surface area contributed by atoms with Crippen molar-refractivity contribution >= 4 is 44.2 Å². The third kappa shape index (κ3) is 3.60. The van der Waals surface area contributed by atoms with Gasteiger partial charge in [0.1, 0.15) is 4.21 Å². The Balaban J connectivity index is 2.42. The third-order valence-electron chi connectivity index (χ3n) is 2.52. The zero-order valence-corrected chi connectivity index (χ0v) is 14.5. The number of hydrogen-bond donors (Lipinski definition) is 0. The lowest BCUT2D eigenvalue weighted by atomic mass is 10.4. The number of amidine groups is 1. The molecule has 0 atom stereocenters. The summed E-state index contributed by atoms with van der Waals surface area (Å²) >= 11 is 2.13. The SMILES string of the molecule is C=CCN1C(=O)/C(=C\N(C)C)S/C1=N/S(=O)(=O)c1cccs1. The predicted octanol–water partition coefficient (Wildman–Crippen LogP) is 1.96. The number of carbonyl (C=O) groups is 1. The number of nitrogens with zero attached hydrogens (tertiary/aromatic N) is 3. The van der Waals surface area contributed by atoms with Crippen molar-refractivity contribution in [3.8, 4) is 0 Å². The van der Waals surface area contributed by atoms with E-state index in [1.165, 1.54) is 17.0 Å². The summed E-state index contributed by atoms with van der Waals surface area (Å²) in [5.74, 6) is -0.279. The zero-order valence-electron chi connectivity index (χ0n) is 12.1. The van der Waals surface area contributed by atoms with Gasteiger partial charge in [-0.2, -0.15) is 8.42 Å². The van der Waals surface area contributed by atoms with E-state index in [0.717, 1.165) is 23.1 Å². The van der Waals surface area contributed by atoms with Crippen molar-refractivity contribution < 1.29 is 13.2 Å². The molecule has 6 nitrogen and oxygen atoms in total. The molecule has 2 heterocycles. The smallest absolute Gasteiger partial charge is 0.294 e. The van der Waals surface area contributed by atoms with E-state index in [4.69, 9.17) is 0 Å². The molecule has 0 aliphatic carbocycles. The second-order valence-electron chi connectivity index (χ2n) is 4.54. The Morgan fingerprint density at radius 2 is 2.18 bits per heavy atom. The molecule has 0 spiro atoms. The van der Waals surface area contributed by atoms with Crippen molar-refractivity contribution in [2.45, 2.75) is 4.21 Å². The number of amides is 1. The van der Waals surface area contributed by atoms with Gasteiger partial charge in [0.05, 0.1) is 4.91 Å². The maximum absolute atomic E-state index is 12.3. The summed E-state index contributed by atoms with van der Waals surface area (Å²) in [6, 6.07) is 3.13. The fourth-order valence-electron chi connectivity index (χ4n) is 1.65. The molecule has 0 bridgehead atoms. The molecule has 22 heavy (non-hydrogen) atoms. The molecule has 118 valence electrons. The summed E-state index contributed by atoms with van der Waals surface area (Å²) in [7, 11) is -0.234. The number of sulfonamides is 1. The van der Waals surface area contributed by atoms with E-state index in [1.54, 1.807) is 36.6 Å². The Kier molecular flexibility index (Phi) is 5.09. The molecule has 1 saturated heterocycles. The summed E-state index contributed by atoms with van der Waals surface area (Å²) < 4.78 is 28.5. The standard InChI is InChI=1S/C13H15N3O3S3/c1-4-7-16-12(17)10(9-15(2)3)21-13(16)14-22(18,19)11-6-5-8-20-11/h4-6,8-9H,1,7H2,2-3H3/b10-9+,14-13+. The Labute approximate surface area is 137 Å². The van der Waals surface area contributed by atoms with Gasteiger partial charge in [-0.05, 0) is 23.2 Å². The lowest BCUT2D eigenvalue weighted by molar-refractivity contribution is -0.121. The fraction of sp³-hybridized carbons (Fsp3) is 0.231. The van der Waals surface area contributed by atoms with Crippen LogP contribution in [0.25, 0.3) is 0 Å². The molecule has 1 aliphatic rings. The molecule has 0 radical (unpaired) electrons. The third-order valence-corrected chi connectivity index (χ3v) is 6.27. The average molecular weight is 357 g/mol. The normalized spacial score (nSPS) is 19.2. The van der Waals surface area contributed by atoms with Gasteiger partial charge in [0.25, 0.3) is 15.9 Å². The van der Waals surface area contributed by atoms with Crippen molar-refractivity contribution in [3.05, 3.63) is 41.3 Å². The summed E-state index contributed by atoms with van der Waals surface area (Å²) in [5, 5.41) is 1.81. The van der Waals surface area contributed by atoms with E-state index < -0.39 is 10.0 Å². The second-order valence-corrected chi connectivity index (χ2v) is 8.33. The van der Waals surface area contributed by atoms with Gasteiger partial charge in [0.15, 0.2) is 5.17 Å². The van der Waals surface area contributed by atoms with Crippen LogP contribution in [0.4, 0.5) is 0 Å². The lowest BCUT2D eigenvalue weighted by Gasteiger charge is -2.12. The van der Waals surface area contributed by atoms with E-state index in [0.29, 0.717) is 4.91 Å². The minimum atomic E-state index is -3.81. The van der Waals surface area contributed by atoms with Crippen LogP contribution in [0.3, 0.4) is 0 Å². The molecule has 1 fully saturated rings. The molecule has 0 saturated carbocycles. The van der Waals surface area contributed by atoms with Crippen molar-refractivity contribution in [2.75, 3.05) is 20.6 Å². The van der Waals surface area contributed by atoms with Gasteiger partial charge in [-0.1, -0.05) is 12.1 Å². The van der Waals surface area contributed by atoms with Crippen LogP contribution < -0.4 is 0 Å². The quantitative estimate of drug-likeness (QED) is 0.595. The van der Waals surface area contributed by atoms with Crippen molar-refractivity contribution in [1.82, 2.24) is 9.80 Å². The monoisotopic (exact) mass is 357 g/mol. The molecule has 1 aromatic rings. The van der Waals surface area contributed by atoms with E-state index in [9.17, 15) is 13.2 Å². The van der Waals surface area contributed by atoms with Crippen LogP contribution in [0.5, 0.6) is 0 Å². The van der Waals surface area contributed by atoms with Crippen LogP contribution in [0.1, 0.15) is 0 Å². The van der Waals surface area contributed by atoms with Crippen LogP contribution in [-0.2, 0) is 14.8 Å². The van der Waals surface area contributed by atoms with Crippen LogP contribution >= 0.6 is 23.1 Å². The molecule has 0 N–H and O–H groups in total. The molecule has 9 heteroatoms. The van der Waals surface area contributed by atoms with Crippen LogP contribution in [0.15, 0.2) is 49.9 Å². The first-order chi connectivity index (χ1) is 10.3. The van der Waals surface area contributed by atoms with Crippen molar-refractivity contribution in [3.63, 3.8) is 0 Å². The largest absolute Gasteiger partial charge is 0.382 e. The first kappa shape index (κ1) is 16.8. The number of hydrogen-bond acceptors (Lipinski definition) is 6. The minimum absolute atomic E-state index is 0.145. The molecule has 1 aliphatic heterocycles. The number of carbonyl (C=O) groups excluding carboxylic acids is 1. The van der Waals surface area contributed by atoms with Gasteiger partial charge in [0.2, 0.25) is 0 Å². The summed E-state index contributed by atoms with van der Waals surface area (Å²) in [4.78, 5) is 15.8. The van der Waals surface area contributed by atoms with E-state index in [1.807, 2.05) is 0 Å². The summed E-state index contributed by atoms with van der Waals surface area (Å²) in [5.41, 5.74) is 0. The molecule has 2 rings (SSSR count). The molecule has 0 unspecified atom stereocenters. The minimum Gasteiger partial charge on any atom is -0.382 e. The Hall–Kier alpha value is -1.58. The van der Waals surface area contributed by atoms with Crippen molar-refractivity contribution in [2.24, 2.45) is 4.40 Å². The molecule has 1 amide bonds. The van der Waals surface area contributed by atoms with E-state index in [2.05, 4.69) is 11.0 Å². The van der Waals surface area contributed by atoms with E-state index in [-0.39, 0.29) is 21.8 Å². The number of thioether (sulfide) groups is 1. The molecule has 1 aromatic heterocycles. The Morgan fingerprint density at radius 1 is 1.45 bits per heavy atom. The Bertz CT molecular complexity index is 734. The van der Waals surface area contributed by atoms with Gasteiger partial charge in [-0.15, -0.1) is 22.3 Å². The van der Waals surface area contributed by atoms with Crippen LogP contribution in [-0.4, -0.2) is 49.9 Å². The summed E-state index contributed by atoms with van der Waals surface area (Å²) in [6.07, 6.45) is 3.17. The maximum atomic E-state index is 12.3. The molecule has 0 aromatic carbocycles. The van der Waals surface area contributed by atoms with Crippen LogP contribution in [0, 0.1) is 0 Å². The molecular weight excluding hydrogens is 342 g/mol. The highest BCUT2D eigenvalue weighted by Crippen LogP contribution is 2.32. The van der Waals surface area contributed by atoms with Crippen molar-refractivity contribution in [1.29, 1.82) is 0 Å². The fourth-order valence-corrected chi connectivity index (χ4v) is 4.88. The average Bonchev–Trinajstić information content (AvgIpc) is 3.03. The molecular formula is C13H15N3O3S3. The maximum Gasteiger partial charge on any atom is 0.294 e. The number of thiophene rings is 1.